The monoisotopic (exact) mass is 550 g/mol. The number of aromatic nitrogens is 1. The van der Waals surface area contributed by atoms with Crippen LogP contribution < -0.4 is 0 Å². The number of hydrogen-bond acceptors (Lipinski definition) is 4. The van der Waals surface area contributed by atoms with E-state index >= 15 is 0 Å². The molecular weight excluding hydrogens is 516 g/mol. The van der Waals surface area contributed by atoms with Gasteiger partial charge in [-0.25, -0.2) is 0 Å². The number of nitro groups is 1. The van der Waals surface area contributed by atoms with Crippen molar-refractivity contribution < 1.29 is 14.5 Å². The highest BCUT2D eigenvalue weighted by Gasteiger charge is 2.23. The standard InChI is InChI=1S/C33H34N4O4/c1-26(2)36(32(38)20-17-27-15-18-30(19-16-27)37(40)41)25-33(39)35(23-29-12-7-4-8-13-29)24-31-14-9-21-34(31)22-28-10-5-3-6-11-28/h3-21,26H,22-25H2,1-2H3/b20-17+. The zero-order valence-corrected chi connectivity index (χ0v) is 23.3. The summed E-state index contributed by atoms with van der Waals surface area (Å²) in [5.41, 5.74) is 3.81. The van der Waals surface area contributed by atoms with Crippen LogP contribution in [-0.4, -0.2) is 43.7 Å². The van der Waals surface area contributed by atoms with Crippen LogP contribution in [0.4, 0.5) is 5.69 Å². The van der Waals surface area contributed by atoms with Gasteiger partial charge in [0.2, 0.25) is 11.8 Å². The van der Waals surface area contributed by atoms with Crippen LogP contribution in [0.15, 0.2) is 109 Å². The van der Waals surface area contributed by atoms with Crippen LogP contribution in [0.5, 0.6) is 0 Å². The summed E-state index contributed by atoms with van der Waals surface area (Å²) in [5.74, 6) is -0.467. The molecule has 210 valence electrons. The van der Waals surface area contributed by atoms with Crippen molar-refractivity contribution in [1.29, 1.82) is 0 Å². The second kappa shape index (κ2) is 13.9. The van der Waals surface area contributed by atoms with Gasteiger partial charge in [-0.05, 0) is 60.9 Å². The van der Waals surface area contributed by atoms with Crippen molar-refractivity contribution in [1.82, 2.24) is 14.4 Å². The van der Waals surface area contributed by atoms with E-state index < -0.39 is 4.92 Å². The molecule has 0 unspecified atom stereocenters. The van der Waals surface area contributed by atoms with E-state index in [0.29, 0.717) is 25.2 Å². The molecule has 1 heterocycles. The van der Waals surface area contributed by atoms with E-state index in [-0.39, 0.29) is 30.1 Å². The lowest BCUT2D eigenvalue weighted by Gasteiger charge is -2.30. The fraction of sp³-hybridized carbons (Fsp3) is 0.212. The normalized spacial score (nSPS) is 11.1. The van der Waals surface area contributed by atoms with Gasteiger partial charge >= 0.3 is 0 Å². The van der Waals surface area contributed by atoms with Crippen molar-refractivity contribution in [2.45, 2.75) is 39.5 Å². The molecule has 0 saturated carbocycles. The molecule has 8 nitrogen and oxygen atoms in total. The Bertz CT molecular complexity index is 1480. The van der Waals surface area contributed by atoms with E-state index in [9.17, 15) is 19.7 Å². The summed E-state index contributed by atoms with van der Waals surface area (Å²) in [7, 11) is 0. The average molecular weight is 551 g/mol. The summed E-state index contributed by atoms with van der Waals surface area (Å²) in [6, 6.07) is 29.7. The van der Waals surface area contributed by atoms with Gasteiger partial charge in [0, 0.05) is 49.2 Å². The summed E-state index contributed by atoms with van der Waals surface area (Å²) in [5, 5.41) is 10.9. The number of non-ortho nitro benzene ring substituents is 1. The number of amides is 2. The van der Waals surface area contributed by atoms with Crippen molar-refractivity contribution in [3.8, 4) is 0 Å². The number of carbonyl (C=O) groups is 2. The Labute approximate surface area is 240 Å². The van der Waals surface area contributed by atoms with Crippen LogP contribution in [0.25, 0.3) is 6.08 Å². The maximum absolute atomic E-state index is 13.8. The summed E-state index contributed by atoms with van der Waals surface area (Å²) in [4.78, 5) is 40.7. The molecule has 2 amide bonds. The molecule has 4 aromatic rings. The molecule has 0 N–H and O–H groups in total. The van der Waals surface area contributed by atoms with Gasteiger partial charge in [0.1, 0.15) is 6.54 Å². The minimum atomic E-state index is -0.468. The van der Waals surface area contributed by atoms with Crippen molar-refractivity contribution >= 4 is 23.6 Å². The second-order valence-electron chi connectivity index (χ2n) is 10.1. The second-order valence-corrected chi connectivity index (χ2v) is 10.1. The highest BCUT2D eigenvalue weighted by Crippen LogP contribution is 2.16. The predicted molar refractivity (Wildman–Crippen MR) is 160 cm³/mol. The minimum Gasteiger partial charge on any atom is -0.345 e. The van der Waals surface area contributed by atoms with Gasteiger partial charge in [-0.2, -0.15) is 0 Å². The van der Waals surface area contributed by atoms with Crippen LogP contribution in [0.1, 0.15) is 36.2 Å². The van der Waals surface area contributed by atoms with Crippen LogP contribution in [0, 0.1) is 10.1 Å². The summed E-state index contributed by atoms with van der Waals surface area (Å²) >= 11 is 0. The van der Waals surface area contributed by atoms with Crippen LogP contribution in [0.2, 0.25) is 0 Å². The van der Waals surface area contributed by atoms with Gasteiger partial charge in [0.15, 0.2) is 0 Å². The van der Waals surface area contributed by atoms with Crippen LogP contribution in [-0.2, 0) is 29.2 Å². The Morgan fingerprint density at radius 1 is 0.854 bits per heavy atom. The third-order valence-electron chi connectivity index (χ3n) is 6.78. The first-order valence-electron chi connectivity index (χ1n) is 13.5. The molecule has 0 aliphatic heterocycles. The summed E-state index contributed by atoms with van der Waals surface area (Å²) < 4.78 is 2.14. The molecule has 0 aliphatic carbocycles. The summed E-state index contributed by atoms with van der Waals surface area (Å²) in [6.07, 6.45) is 5.02. The average Bonchev–Trinajstić information content (AvgIpc) is 3.41. The first-order chi connectivity index (χ1) is 19.8. The molecule has 0 saturated heterocycles. The Morgan fingerprint density at radius 3 is 2.10 bits per heavy atom. The van der Waals surface area contributed by atoms with E-state index in [1.807, 2.05) is 80.7 Å². The van der Waals surface area contributed by atoms with E-state index in [2.05, 4.69) is 16.7 Å². The molecule has 0 radical (unpaired) electrons. The number of hydrogen-bond donors (Lipinski definition) is 0. The van der Waals surface area contributed by atoms with Crippen LogP contribution in [0.3, 0.4) is 0 Å². The topological polar surface area (TPSA) is 88.7 Å². The molecule has 3 aromatic carbocycles. The first-order valence-corrected chi connectivity index (χ1v) is 13.5. The lowest BCUT2D eigenvalue weighted by molar-refractivity contribution is -0.384. The Morgan fingerprint density at radius 2 is 1.49 bits per heavy atom. The molecule has 1 aromatic heterocycles. The quantitative estimate of drug-likeness (QED) is 0.124. The molecule has 0 spiro atoms. The largest absolute Gasteiger partial charge is 0.345 e. The fourth-order valence-corrected chi connectivity index (χ4v) is 4.49. The SMILES string of the molecule is CC(C)N(CC(=O)N(Cc1ccccc1)Cc1cccn1Cc1ccccc1)C(=O)/C=C/c1ccc([N+](=O)[O-])cc1. The van der Waals surface area contributed by atoms with Crippen molar-refractivity contribution in [2.24, 2.45) is 0 Å². The fourth-order valence-electron chi connectivity index (χ4n) is 4.49. The van der Waals surface area contributed by atoms with Crippen molar-refractivity contribution in [2.75, 3.05) is 6.54 Å². The molecule has 4 rings (SSSR count). The lowest BCUT2D eigenvalue weighted by Crippen LogP contribution is -2.45. The smallest absolute Gasteiger partial charge is 0.269 e. The molecule has 0 aliphatic rings. The molecule has 0 fully saturated rings. The molecule has 8 heteroatoms. The lowest BCUT2D eigenvalue weighted by atomic mass is 10.2. The van der Waals surface area contributed by atoms with Gasteiger partial charge in [-0.3, -0.25) is 19.7 Å². The number of carbonyl (C=O) groups excluding carboxylic acids is 2. The Hall–Kier alpha value is -4.98. The van der Waals surface area contributed by atoms with Gasteiger partial charge in [-0.1, -0.05) is 60.7 Å². The Kier molecular flexibility index (Phi) is 9.83. The molecule has 0 atom stereocenters. The minimum absolute atomic E-state index is 0.0173. The van der Waals surface area contributed by atoms with Crippen LogP contribution >= 0.6 is 0 Å². The van der Waals surface area contributed by atoms with Gasteiger partial charge in [-0.15, -0.1) is 0 Å². The van der Waals surface area contributed by atoms with Crippen molar-refractivity contribution in [3.63, 3.8) is 0 Å². The van der Waals surface area contributed by atoms with Gasteiger partial charge in [0.25, 0.3) is 5.69 Å². The number of benzene rings is 3. The third kappa shape index (κ3) is 8.25. The first kappa shape index (κ1) is 29.0. The van der Waals surface area contributed by atoms with Gasteiger partial charge < -0.3 is 14.4 Å². The van der Waals surface area contributed by atoms with E-state index in [4.69, 9.17) is 0 Å². The van der Waals surface area contributed by atoms with Gasteiger partial charge in [0.05, 0.1) is 11.5 Å². The maximum atomic E-state index is 13.8. The highest BCUT2D eigenvalue weighted by atomic mass is 16.6. The van der Waals surface area contributed by atoms with E-state index in [1.54, 1.807) is 23.1 Å². The van der Waals surface area contributed by atoms with Crippen molar-refractivity contribution in [3.05, 3.63) is 142 Å². The zero-order chi connectivity index (χ0) is 29.2. The maximum Gasteiger partial charge on any atom is 0.269 e. The molecule has 41 heavy (non-hydrogen) atoms. The van der Waals surface area contributed by atoms with E-state index in [1.165, 1.54) is 28.7 Å². The third-order valence-corrected chi connectivity index (χ3v) is 6.78. The Balaban J connectivity index is 1.51. The molecule has 0 bridgehead atoms. The number of nitrogens with zero attached hydrogens (tertiary/aromatic N) is 4. The summed E-state index contributed by atoms with van der Waals surface area (Å²) in [6.45, 7) is 5.17. The molecular formula is C33H34N4O4. The number of rotatable bonds is 12. The predicted octanol–water partition coefficient (Wildman–Crippen LogP) is 5.92. The zero-order valence-electron chi connectivity index (χ0n) is 23.3. The highest BCUT2D eigenvalue weighted by molar-refractivity contribution is 5.94. The van der Waals surface area contributed by atoms with E-state index in [0.717, 1.165) is 11.3 Å². The number of nitro benzene ring substituents is 1.